The Balaban J connectivity index is 1.08. The first-order valence-corrected chi connectivity index (χ1v) is 12.2. The van der Waals surface area contributed by atoms with Crippen molar-refractivity contribution in [3.8, 4) is 17.0 Å². The van der Waals surface area contributed by atoms with E-state index in [4.69, 9.17) is 4.74 Å². The van der Waals surface area contributed by atoms with Crippen molar-refractivity contribution in [2.24, 2.45) is 0 Å². The van der Waals surface area contributed by atoms with Gasteiger partial charge in [-0.15, -0.1) is 0 Å². The molecule has 1 aliphatic carbocycles. The van der Waals surface area contributed by atoms with Crippen molar-refractivity contribution >= 4 is 11.7 Å². The molecule has 3 aliphatic rings. The smallest absolute Gasteiger partial charge is 0.236 e. The molecule has 0 radical (unpaired) electrons. The van der Waals surface area contributed by atoms with Crippen LogP contribution in [-0.2, 0) is 4.79 Å². The number of ether oxygens (including phenoxy) is 1. The van der Waals surface area contributed by atoms with Crippen molar-refractivity contribution in [1.82, 2.24) is 24.7 Å². The Morgan fingerprint density at radius 1 is 0.939 bits per heavy atom. The fourth-order valence-electron chi connectivity index (χ4n) is 4.91. The quantitative estimate of drug-likeness (QED) is 0.667. The number of aromatic nitrogens is 2. The van der Waals surface area contributed by atoms with E-state index in [1.54, 1.807) is 7.11 Å². The fraction of sp³-hybridized carbons (Fsp3) is 0.560. The van der Waals surface area contributed by atoms with Crippen molar-refractivity contribution in [2.45, 2.75) is 25.3 Å². The average molecular weight is 451 g/mol. The van der Waals surface area contributed by atoms with E-state index in [0.29, 0.717) is 6.54 Å². The highest BCUT2D eigenvalue weighted by molar-refractivity contribution is 5.78. The predicted molar refractivity (Wildman–Crippen MR) is 128 cm³/mol. The van der Waals surface area contributed by atoms with Gasteiger partial charge in [0.1, 0.15) is 11.6 Å². The lowest BCUT2D eigenvalue weighted by molar-refractivity contribution is -0.134. The number of piperazine rings is 2. The van der Waals surface area contributed by atoms with E-state index in [-0.39, 0.29) is 5.91 Å². The molecule has 8 heteroatoms. The molecule has 176 valence electrons. The second-order valence-corrected chi connectivity index (χ2v) is 9.25. The molecule has 0 N–H and O–H groups in total. The topological polar surface area (TPSA) is 65.0 Å². The SMILES string of the molecule is COc1ccc(-c2cnc(N3CCN(CC(=O)N4CCN(C5CCC5)CC4)CC3)cn2)cc1. The van der Waals surface area contributed by atoms with Crippen LogP contribution in [0.1, 0.15) is 19.3 Å². The molecule has 2 aromatic rings. The second-order valence-electron chi connectivity index (χ2n) is 9.25. The molecule has 3 fully saturated rings. The number of rotatable bonds is 6. The number of hydrogen-bond donors (Lipinski definition) is 0. The number of nitrogens with zero attached hydrogens (tertiary/aromatic N) is 6. The Morgan fingerprint density at radius 2 is 1.67 bits per heavy atom. The standard InChI is InChI=1S/C25H34N6O2/c1-33-22-7-5-20(6-8-22)23-17-27-24(18-26-23)30-11-9-28(10-12-30)19-25(32)31-15-13-29(14-16-31)21-3-2-4-21/h5-8,17-18,21H,2-4,9-16,19H2,1H3. The van der Waals surface area contributed by atoms with Crippen LogP contribution in [-0.4, -0.2) is 103 Å². The summed E-state index contributed by atoms with van der Waals surface area (Å²) in [5, 5.41) is 0. The van der Waals surface area contributed by atoms with Crippen LogP contribution in [0.5, 0.6) is 5.75 Å². The minimum absolute atomic E-state index is 0.278. The highest BCUT2D eigenvalue weighted by atomic mass is 16.5. The first-order valence-electron chi connectivity index (χ1n) is 12.2. The highest BCUT2D eigenvalue weighted by Crippen LogP contribution is 2.25. The van der Waals surface area contributed by atoms with Crippen LogP contribution >= 0.6 is 0 Å². The Labute approximate surface area is 196 Å². The summed E-state index contributed by atoms with van der Waals surface area (Å²) in [5.41, 5.74) is 1.87. The van der Waals surface area contributed by atoms with Gasteiger partial charge in [-0.25, -0.2) is 4.98 Å². The lowest BCUT2D eigenvalue weighted by atomic mass is 9.91. The maximum Gasteiger partial charge on any atom is 0.236 e. The Morgan fingerprint density at radius 3 is 2.24 bits per heavy atom. The molecule has 0 bridgehead atoms. The van der Waals surface area contributed by atoms with Gasteiger partial charge in [0.15, 0.2) is 0 Å². The molecular weight excluding hydrogens is 416 g/mol. The van der Waals surface area contributed by atoms with E-state index >= 15 is 0 Å². The molecule has 2 saturated heterocycles. The van der Waals surface area contributed by atoms with Crippen molar-refractivity contribution in [3.63, 3.8) is 0 Å². The highest BCUT2D eigenvalue weighted by Gasteiger charge is 2.30. The summed E-state index contributed by atoms with van der Waals surface area (Å²) in [6, 6.07) is 8.62. The third-order valence-electron chi connectivity index (χ3n) is 7.34. The molecular formula is C25H34N6O2. The van der Waals surface area contributed by atoms with E-state index < -0.39 is 0 Å². The van der Waals surface area contributed by atoms with E-state index in [1.165, 1.54) is 19.3 Å². The van der Waals surface area contributed by atoms with Gasteiger partial charge in [-0.1, -0.05) is 6.42 Å². The lowest BCUT2D eigenvalue weighted by Crippen LogP contribution is -2.56. The summed E-state index contributed by atoms with van der Waals surface area (Å²) in [6.07, 6.45) is 7.73. The van der Waals surface area contributed by atoms with Gasteiger partial charge in [0.05, 0.1) is 31.7 Å². The molecule has 33 heavy (non-hydrogen) atoms. The first kappa shape index (κ1) is 22.1. The number of anilines is 1. The minimum atomic E-state index is 0.278. The van der Waals surface area contributed by atoms with Crippen LogP contribution in [0.25, 0.3) is 11.3 Å². The summed E-state index contributed by atoms with van der Waals surface area (Å²) in [4.78, 5) is 31.2. The van der Waals surface area contributed by atoms with Crippen LogP contribution in [0, 0.1) is 0 Å². The number of benzene rings is 1. The molecule has 1 amide bonds. The van der Waals surface area contributed by atoms with Crippen LogP contribution in [0.3, 0.4) is 0 Å². The summed E-state index contributed by atoms with van der Waals surface area (Å²) in [7, 11) is 1.66. The second kappa shape index (κ2) is 10.1. The fourth-order valence-corrected chi connectivity index (χ4v) is 4.91. The zero-order chi connectivity index (χ0) is 22.6. The Bertz CT molecular complexity index is 915. The van der Waals surface area contributed by atoms with E-state index in [1.807, 2.05) is 36.7 Å². The van der Waals surface area contributed by atoms with Crippen LogP contribution in [0.2, 0.25) is 0 Å². The van der Waals surface area contributed by atoms with Gasteiger partial charge in [-0.05, 0) is 37.1 Å². The first-order chi connectivity index (χ1) is 16.2. The molecule has 0 atom stereocenters. The average Bonchev–Trinajstić information content (AvgIpc) is 2.84. The van der Waals surface area contributed by atoms with E-state index in [2.05, 4.69) is 29.6 Å². The largest absolute Gasteiger partial charge is 0.497 e. The summed E-state index contributed by atoms with van der Waals surface area (Å²) in [6.45, 7) is 7.82. The molecule has 5 rings (SSSR count). The van der Waals surface area contributed by atoms with Crippen LogP contribution in [0.15, 0.2) is 36.7 Å². The minimum Gasteiger partial charge on any atom is -0.497 e. The molecule has 0 unspecified atom stereocenters. The lowest BCUT2D eigenvalue weighted by Gasteiger charge is -2.43. The molecule has 1 aromatic heterocycles. The maximum absolute atomic E-state index is 12.8. The Hall–Kier alpha value is -2.71. The van der Waals surface area contributed by atoms with E-state index in [0.717, 1.165) is 81.2 Å². The van der Waals surface area contributed by atoms with Crippen molar-refractivity contribution < 1.29 is 9.53 Å². The molecule has 0 spiro atoms. The normalized spacial score (nSPS) is 20.5. The summed E-state index contributed by atoms with van der Waals surface area (Å²) in [5.74, 6) is 2.00. The monoisotopic (exact) mass is 450 g/mol. The van der Waals surface area contributed by atoms with Gasteiger partial charge in [-0.2, -0.15) is 0 Å². The zero-order valence-corrected chi connectivity index (χ0v) is 19.5. The molecule has 2 aliphatic heterocycles. The zero-order valence-electron chi connectivity index (χ0n) is 19.5. The molecule has 3 heterocycles. The van der Waals surface area contributed by atoms with Crippen molar-refractivity contribution in [3.05, 3.63) is 36.7 Å². The number of carbonyl (C=O) groups is 1. The van der Waals surface area contributed by atoms with Crippen molar-refractivity contribution in [2.75, 3.05) is 70.9 Å². The van der Waals surface area contributed by atoms with Crippen LogP contribution in [0.4, 0.5) is 5.82 Å². The van der Waals surface area contributed by atoms with Gasteiger partial charge < -0.3 is 14.5 Å². The van der Waals surface area contributed by atoms with Crippen molar-refractivity contribution in [1.29, 1.82) is 0 Å². The summed E-state index contributed by atoms with van der Waals surface area (Å²) < 4.78 is 5.22. The van der Waals surface area contributed by atoms with Gasteiger partial charge in [0.2, 0.25) is 5.91 Å². The number of amides is 1. The summed E-state index contributed by atoms with van der Waals surface area (Å²) >= 11 is 0. The van der Waals surface area contributed by atoms with Gasteiger partial charge >= 0.3 is 0 Å². The third kappa shape index (κ3) is 5.12. The number of carbonyl (C=O) groups excluding carboxylic acids is 1. The van der Waals surface area contributed by atoms with Gasteiger partial charge in [0.25, 0.3) is 0 Å². The van der Waals surface area contributed by atoms with Crippen LogP contribution < -0.4 is 9.64 Å². The molecule has 8 nitrogen and oxygen atoms in total. The number of hydrogen-bond acceptors (Lipinski definition) is 7. The van der Waals surface area contributed by atoms with Gasteiger partial charge in [-0.3, -0.25) is 19.6 Å². The predicted octanol–water partition coefficient (Wildman–Crippen LogP) is 1.97. The number of methoxy groups -OCH3 is 1. The van der Waals surface area contributed by atoms with E-state index in [9.17, 15) is 4.79 Å². The Kier molecular flexibility index (Phi) is 6.73. The van der Waals surface area contributed by atoms with Gasteiger partial charge in [0, 0.05) is 64.0 Å². The molecule has 1 aromatic carbocycles. The third-order valence-corrected chi connectivity index (χ3v) is 7.34. The molecule has 1 saturated carbocycles. The maximum atomic E-state index is 12.8.